The maximum absolute atomic E-state index is 12.2. The van der Waals surface area contributed by atoms with E-state index in [4.69, 9.17) is 4.42 Å². The van der Waals surface area contributed by atoms with E-state index in [0.717, 1.165) is 21.4 Å². The highest BCUT2D eigenvalue weighted by molar-refractivity contribution is 8.00. The summed E-state index contributed by atoms with van der Waals surface area (Å²) in [7, 11) is -1.01. The Morgan fingerprint density at radius 2 is 1.84 bits per heavy atom. The highest BCUT2D eigenvalue weighted by Crippen LogP contribution is 2.29. The van der Waals surface area contributed by atoms with E-state index >= 15 is 0 Å². The largest absolute Gasteiger partial charge is 0.411 e. The van der Waals surface area contributed by atoms with Crippen LogP contribution in [-0.2, 0) is 10.8 Å². The van der Waals surface area contributed by atoms with Crippen LogP contribution in [0.2, 0.25) is 0 Å². The molecular formula is C18H15N3O2S2. The van der Waals surface area contributed by atoms with E-state index in [1.165, 1.54) is 11.8 Å². The fourth-order valence-corrected chi connectivity index (χ4v) is 4.57. The lowest BCUT2D eigenvalue weighted by atomic mass is 10.2. The van der Waals surface area contributed by atoms with Gasteiger partial charge in [-0.2, -0.15) is 0 Å². The summed E-state index contributed by atoms with van der Waals surface area (Å²) in [6.45, 7) is 0. The molecule has 0 fully saturated rings. The molecule has 0 saturated heterocycles. The molecule has 0 saturated carbocycles. The van der Waals surface area contributed by atoms with Crippen molar-refractivity contribution in [2.24, 2.45) is 0 Å². The van der Waals surface area contributed by atoms with Gasteiger partial charge in [-0.05, 0) is 18.2 Å². The number of thioether (sulfide) groups is 1. The van der Waals surface area contributed by atoms with Crippen molar-refractivity contribution in [3.05, 3.63) is 60.8 Å². The molecule has 1 atom stereocenters. The lowest BCUT2D eigenvalue weighted by Crippen LogP contribution is -2.00. The van der Waals surface area contributed by atoms with Crippen LogP contribution in [0.5, 0.6) is 0 Å². The Kier molecular flexibility index (Phi) is 4.67. The molecule has 4 aromatic rings. The monoisotopic (exact) mass is 369 g/mol. The van der Waals surface area contributed by atoms with E-state index in [2.05, 4.69) is 15.2 Å². The predicted octanol–water partition coefficient (Wildman–Crippen LogP) is 4.12. The second-order valence-corrected chi connectivity index (χ2v) is 7.95. The highest BCUT2D eigenvalue weighted by atomic mass is 32.2. The van der Waals surface area contributed by atoms with Gasteiger partial charge < -0.3 is 9.40 Å². The number of H-pyrrole nitrogens is 1. The van der Waals surface area contributed by atoms with Crippen molar-refractivity contribution in [2.45, 2.75) is 10.1 Å². The Morgan fingerprint density at radius 1 is 1.04 bits per heavy atom. The van der Waals surface area contributed by atoms with Crippen molar-refractivity contribution in [2.75, 3.05) is 11.5 Å². The molecule has 126 valence electrons. The Balaban J connectivity index is 1.41. The van der Waals surface area contributed by atoms with Crippen molar-refractivity contribution >= 4 is 33.5 Å². The third-order valence-corrected chi connectivity index (χ3v) is 6.18. The average Bonchev–Trinajstić information content (AvgIpc) is 3.29. The predicted molar refractivity (Wildman–Crippen MR) is 100 cm³/mol. The van der Waals surface area contributed by atoms with Gasteiger partial charge in [0.25, 0.3) is 11.1 Å². The van der Waals surface area contributed by atoms with E-state index < -0.39 is 10.8 Å². The zero-order valence-corrected chi connectivity index (χ0v) is 14.8. The summed E-state index contributed by atoms with van der Waals surface area (Å²) in [5, 5.41) is 9.75. The second kappa shape index (κ2) is 7.25. The first-order chi connectivity index (χ1) is 12.3. The van der Waals surface area contributed by atoms with Crippen LogP contribution in [0, 0.1) is 0 Å². The number of nitrogens with one attached hydrogen (secondary N) is 1. The Hall–Kier alpha value is -2.38. The average molecular weight is 369 g/mol. The van der Waals surface area contributed by atoms with Crippen molar-refractivity contribution in [3.8, 4) is 11.5 Å². The Bertz CT molecular complexity index is 1010. The number of rotatable bonds is 6. The number of aromatic amines is 1. The van der Waals surface area contributed by atoms with Gasteiger partial charge in [-0.25, -0.2) is 0 Å². The van der Waals surface area contributed by atoms with Crippen molar-refractivity contribution in [3.63, 3.8) is 0 Å². The summed E-state index contributed by atoms with van der Waals surface area (Å²) in [5.74, 6) is 1.68. The minimum atomic E-state index is -1.01. The normalized spacial score (nSPS) is 12.5. The van der Waals surface area contributed by atoms with Gasteiger partial charge in [0.05, 0.1) is 16.4 Å². The van der Waals surface area contributed by atoms with Gasteiger partial charge in [0.15, 0.2) is 0 Å². The minimum Gasteiger partial charge on any atom is -0.411 e. The van der Waals surface area contributed by atoms with Crippen LogP contribution in [-0.4, -0.2) is 30.9 Å². The van der Waals surface area contributed by atoms with Gasteiger partial charge in [0, 0.05) is 33.5 Å². The van der Waals surface area contributed by atoms with E-state index in [9.17, 15) is 4.21 Å². The van der Waals surface area contributed by atoms with Crippen LogP contribution >= 0.6 is 11.8 Å². The first kappa shape index (κ1) is 16.1. The van der Waals surface area contributed by atoms with Crippen LogP contribution in [0.1, 0.15) is 0 Å². The maximum Gasteiger partial charge on any atom is 0.276 e. The maximum atomic E-state index is 12.2. The number of hydrogen-bond donors (Lipinski definition) is 1. The van der Waals surface area contributed by atoms with Gasteiger partial charge in [-0.1, -0.05) is 48.2 Å². The minimum absolute atomic E-state index is 0.490. The number of para-hydroxylation sites is 1. The molecule has 0 bridgehead atoms. The van der Waals surface area contributed by atoms with Gasteiger partial charge >= 0.3 is 0 Å². The number of nitrogens with zero attached hydrogens (tertiary/aromatic N) is 2. The van der Waals surface area contributed by atoms with Crippen LogP contribution in [0.3, 0.4) is 0 Å². The van der Waals surface area contributed by atoms with Gasteiger partial charge in [0.2, 0.25) is 0 Å². The zero-order valence-electron chi connectivity index (χ0n) is 13.2. The summed E-state index contributed by atoms with van der Waals surface area (Å²) >= 11 is 1.42. The highest BCUT2D eigenvalue weighted by Gasteiger charge is 2.13. The molecule has 2 heterocycles. The molecule has 7 heteroatoms. The molecular weight excluding hydrogens is 354 g/mol. The lowest BCUT2D eigenvalue weighted by Gasteiger charge is -2.00. The smallest absolute Gasteiger partial charge is 0.276 e. The summed E-state index contributed by atoms with van der Waals surface area (Å²) in [6.07, 6.45) is 1.87. The fraction of sp³-hybridized carbons (Fsp3) is 0.111. The third kappa shape index (κ3) is 3.52. The molecule has 0 amide bonds. The quantitative estimate of drug-likeness (QED) is 0.518. The molecule has 2 aromatic carbocycles. The molecule has 0 radical (unpaired) electrons. The first-order valence-electron chi connectivity index (χ1n) is 7.77. The number of aromatic nitrogens is 3. The fourth-order valence-electron chi connectivity index (χ4n) is 2.52. The zero-order chi connectivity index (χ0) is 17.1. The Labute approximate surface area is 151 Å². The number of benzene rings is 2. The topological polar surface area (TPSA) is 71.8 Å². The molecule has 0 unspecified atom stereocenters. The van der Waals surface area contributed by atoms with Crippen LogP contribution in [0.15, 0.2) is 75.3 Å². The van der Waals surface area contributed by atoms with Crippen LogP contribution in [0.25, 0.3) is 22.4 Å². The van der Waals surface area contributed by atoms with E-state index in [-0.39, 0.29) is 0 Å². The SMILES string of the molecule is O=[S@@](CCSc1nnc(-c2c[nH]c3ccccc23)o1)c1ccccc1. The first-order valence-corrected chi connectivity index (χ1v) is 10.1. The molecule has 25 heavy (non-hydrogen) atoms. The van der Waals surface area contributed by atoms with Crippen molar-refractivity contribution < 1.29 is 8.63 Å². The second-order valence-electron chi connectivity index (χ2n) is 5.33. The van der Waals surface area contributed by atoms with Crippen molar-refractivity contribution in [1.82, 2.24) is 15.2 Å². The third-order valence-electron chi connectivity index (χ3n) is 3.73. The Morgan fingerprint density at radius 3 is 2.72 bits per heavy atom. The lowest BCUT2D eigenvalue weighted by molar-refractivity contribution is 0.466. The molecule has 0 aliphatic rings. The molecule has 0 spiro atoms. The number of hydrogen-bond acceptors (Lipinski definition) is 5. The summed E-state index contributed by atoms with van der Waals surface area (Å²) < 4.78 is 17.9. The molecule has 4 rings (SSSR count). The standard InChI is InChI=1S/C18H15N3O2S2/c22-25(13-6-2-1-3-7-13)11-10-24-18-21-20-17(23-18)15-12-19-16-9-5-4-8-14(15)16/h1-9,12,19H,10-11H2/t25-/m0/s1. The summed E-state index contributed by atoms with van der Waals surface area (Å²) in [4.78, 5) is 4.04. The van der Waals surface area contributed by atoms with Crippen LogP contribution < -0.4 is 0 Å². The van der Waals surface area contributed by atoms with Gasteiger partial charge in [-0.3, -0.25) is 4.21 Å². The van der Waals surface area contributed by atoms with Gasteiger partial charge in [0.1, 0.15) is 0 Å². The van der Waals surface area contributed by atoms with Crippen molar-refractivity contribution in [1.29, 1.82) is 0 Å². The van der Waals surface area contributed by atoms with Crippen LogP contribution in [0.4, 0.5) is 0 Å². The van der Waals surface area contributed by atoms with E-state index in [1.54, 1.807) is 0 Å². The van der Waals surface area contributed by atoms with Gasteiger partial charge in [-0.15, -0.1) is 10.2 Å². The molecule has 1 N–H and O–H groups in total. The summed E-state index contributed by atoms with van der Waals surface area (Å²) in [6, 6.07) is 17.4. The number of fused-ring (bicyclic) bond motifs is 1. The molecule has 2 aromatic heterocycles. The molecule has 5 nitrogen and oxygen atoms in total. The van der Waals surface area contributed by atoms with E-state index in [1.807, 2.05) is 60.8 Å². The summed E-state index contributed by atoms with van der Waals surface area (Å²) in [5.41, 5.74) is 1.92. The van der Waals surface area contributed by atoms with E-state index in [0.29, 0.717) is 22.6 Å². The molecule has 0 aliphatic carbocycles. The molecule has 0 aliphatic heterocycles.